The summed E-state index contributed by atoms with van der Waals surface area (Å²) in [5, 5.41) is 3.83. The fraction of sp³-hybridized carbons (Fsp3) is 0.158. The summed E-state index contributed by atoms with van der Waals surface area (Å²) in [7, 11) is 1.61. The van der Waals surface area contributed by atoms with Gasteiger partial charge in [-0.05, 0) is 34.9 Å². The van der Waals surface area contributed by atoms with E-state index in [0.717, 1.165) is 28.9 Å². The average molecular weight is 354 g/mol. The van der Waals surface area contributed by atoms with E-state index in [1.54, 1.807) is 25.4 Å². The van der Waals surface area contributed by atoms with E-state index in [9.17, 15) is 9.18 Å². The van der Waals surface area contributed by atoms with Crippen molar-refractivity contribution < 1.29 is 13.9 Å². The highest BCUT2D eigenvalue weighted by Crippen LogP contribution is 2.36. The molecule has 3 aromatic rings. The van der Waals surface area contributed by atoms with Crippen LogP contribution in [0.3, 0.4) is 0 Å². The zero-order valence-electron chi connectivity index (χ0n) is 13.5. The minimum absolute atomic E-state index is 0.0353. The summed E-state index contributed by atoms with van der Waals surface area (Å²) in [5.41, 5.74) is 3.82. The lowest BCUT2D eigenvalue weighted by atomic mass is 9.85. The highest BCUT2D eigenvalue weighted by atomic mass is 32.1. The highest BCUT2D eigenvalue weighted by molar-refractivity contribution is 7.17. The molecule has 0 saturated carbocycles. The molecule has 0 amide bonds. The number of hydrogen-bond donors (Lipinski definition) is 1. The second-order valence-corrected chi connectivity index (χ2v) is 6.87. The Labute approximate surface area is 148 Å². The van der Waals surface area contributed by atoms with Crippen molar-refractivity contribution in [3.8, 4) is 5.75 Å². The average Bonchev–Trinajstić information content (AvgIpc) is 3.08. The lowest BCUT2D eigenvalue weighted by Crippen LogP contribution is -2.13. The molecule has 2 bridgehead atoms. The number of hydrogen-bond acceptors (Lipinski definition) is 5. The number of halogens is 1. The van der Waals surface area contributed by atoms with E-state index in [-0.39, 0.29) is 11.6 Å². The Kier molecular flexibility index (Phi) is 3.97. The molecule has 1 heterocycles. The second kappa shape index (κ2) is 6.29. The smallest absolute Gasteiger partial charge is 0.205 e. The number of ether oxygens (including phenoxy) is 1. The number of aromatic nitrogens is 1. The van der Waals surface area contributed by atoms with Crippen LogP contribution < -0.4 is 10.1 Å². The van der Waals surface area contributed by atoms with Crippen molar-refractivity contribution in [1.82, 2.24) is 4.98 Å². The molecule has 0 fully saturated rings. The van der Waals surface area contributed by atoms with Gasteiger partial charge in [-0.3, -0.25) is 4.79 Å². The summed E-state index contributed by atoms with van der Waals surface area (Å²) in [6, 6.07) is 10.1. The number of nitrogens with one attached hydrogen (secondary N) is 1. The van der Waals surface area contributed by atoms with E-state index in [0.29, 0.717) is 22.1 Å². The Hall–Kier alpha value is -2.73. The van der Waals surface area contributed by atoms with Gasteiger partial charge in [-0.1, -0.05) is 29.5 Å². The van der Waals surface area contributed by atoms with E-state index >= 15 is 0 Å². The van der Waals surface area contributed by atoms with Gasteiger partial charge in [0.15, 0.2) is 5.13 Å². The maximum absolute atomic E-state index is 12.9. The maximum atomic E-state index is 12.9. The van der Waals surface area contributed by atoms with Gasteiger partial charge in [-0.25, -0.2) is 9.37 Å². The van der Waals surface area contributed by atoms with Gasteiger partial charge in [0.2, 0.25) is 5.78 Å². The summed E-state index contributed by atoms with van der Waals surface area (Å²) in [6.07, 6.45) is 2.38. The number of nitrogens with zero attached hydrogens (tertiary/aromatic N) is 1. The number of carbonyl (C=O) groups excluding carboxylic acids is 1. The van der Waals surface area contributed by atoms with Gasteiger partial charge in [-0.2, -0.15) is 0 Å². The Morgan fingerprint density at radius 3 is 2.76 bits per heavy atom. The molecule has 0 radical (unpaired) electrons. The third-order valence-corrected chi connectivity index (χ3v) is 5.17. The number of fused-ring (bicyclic) bond motifs is 2. The molecule has 5 rings (SSSR count). The van der Waals surface area contributed by atoms with Gasteiger partial charge in [0.1, 0.15) is 11.6 Å². The fourth-order valence-corrected chi connectivity index (χ4v) is 3.58. The highest BCUT2D eigenvalue weighted by Gasteiger charge is 2.25. The summed E-state index contributed by atoms with van der Waals surface area (Å²) >= 11 is 1.31. The number of rotatable bonds is 6. The standard InChI is InChI=1S/C19H15FN2O2S/c1-24-16-8-15(12-6-13(16)7-12)18(23)17-10-22-19(25-17)21-9-11-2-4-14(20)5-3-11/h2-6,8,10H,7,9H2,1H3,(H,21,22). The van der Waals surface area contributed by atoms with Crippen LogP contribution in [-0.4, -0.2) is 17.9 Å². The van der Waals surface area contributed by atoms with E-state index in [1.807, 2.05) is 12.1 Å². The van der Waals surface area contributed by atoms with Crippen LogP contribution in [0.15, 0.2) is 42.6 Å². The van der Waals surface area contributed by atoms with Crippen LogP contribution >= 0.6 is 11.3 Å². The first kappa shape index (κ1) is 15.8. The topological polar surface area (TPSA) is 51.2 Å². The first-order valence-electron chi connectivity index (χ1n) is 7.82. The number of benzene rings is 2. The molecule has 0 aliphatic heterocycles. The Morgan fingerprint density at radius 1 is 1.28 bits per heavy atom. The van der Waals surface area contributed by atoms with Crippen molar-refractivity contribution in [2.24, 2.45) is 0 Å². The normalized spacial score (nSPS) is 11.8. The monoisotopic (exact) mass is 354 g/mol. The molecule has 6 heteroatoms. The van der Waals surface area contributed by atoms with E-state index in [4.69, 9.17) is 4.74 Å². The molecule has 2 aliphatic rings. The van der Waals surface area contributed by atoms with Gasteiger partial charge >= 0.3 is 0 Å². The van der Waals surface area contributed by atoms with Crippen LogP contribution in [0, 0.1) is 5.82 Å². The van der Waals surface area contributed by atoms with Crippen molar-refractivity contribution in [3.63, 3.8) is 0 Å². The third kappa shape index (κ3) is 3.00. The Balaban J connectivity index is 1.48. The molecular formula is C19H15FN2O2S. The van der Waals surface area contributed by atoms with Crippen LogP contribution in [0.2, 0.25) is 0 Å². The van der Waals surface area contributed by atoms with Crippen LogP contribution in [0.1, 0.15) is 31.9 Å². The molecule has 4 nitrogen and oxygen atoms in total. The zero-order chi connectivity index (χ0) is 17.4. The summed E-state index contributed by atoms with van der Waals surface area (Å²) in [5.74, 6) is 0.467. The van der Waals surface area contributed by atoms with Crippen molar-refractivity contribution in [2.45, 2.75) is 13.0 Å². The predicted octanol–water partition coefficient (Wildman–Crippen LogP) is 4.04. The number of methoxy groups -OCH3 is 1. The molecule has 126 valence electrons. The first-order valence-corrected chi connectivity index (χ1v) is 8.64. The quantitative estimate of drug-likeness (QED) is 0.531. The van der Waals surface area contributed by atoms with Crippen LogP contribution in [0.25, 0.3) is 0 Å². The minimum Gasteiger partial charge on any atom is -0.496 e. The summed E-state index contributed by atoms with van der Waals surface area (Å²) in [4.78, 5) is 17.6. The van der Waals surface area contributed by atoms with E-state index in [1.165, 1.54) is 23.5 Å². The number of thiazole rings is 1. The lowest BCUT2D eigenvalue weighted by Gasteiger charge is -2.22. The number of anilines is 1. The predicted molar refractivity (Wildman–Crippen MR) is 95.1 cm³/mol. The van der Waals surface area contributed by atoms with Gasteiger partial charge in [0.05, 0.1) is 18.2 Å². The van der Waals surface area contributed by atoms with Gasteiger partial charge in [-0.15, -0.1) is 0 Å². The fourth-order valence-electron chi connectivity index (χ4n) is 2.81. The third-order valence-electron chi connectivity index (χ3n) is 4.22. The van der Waals surface area contributed by atoms with Gasteiger partial charge in [0.25, 0.3) is 0 Å². The van der Waals surface area contributed by atoms with Gasteiger partial charge < -0.3 is 10.1 Å². The molecule has 25 heavy (non-hydrogen) atoms. The van der Waals surface area contributed by atoms with Crippen molar-refractivity contribution in [3.05, 3.63) is 75.5 Å². The first-order chi connectivity index (χ1) is 12.1. The molecule has 0 unspecified atom stereocenters. The summed E-state index contributed by atoms with van der Waals surface area (Å²) < 4.78 is 18.2. The molecule has 2 aliphatic carbocycles. The number of ketones is 1. The van der Waals surface area contributed by atoms with Crippen LogP contribution in [0.5, 0.6) is 5.75 Å². The number of carbonyl (C=O) groups is 1. The molecular weight excluding hydrogens is 339 g/mol. The SMILES string of the molecule is COc1cc(C(=O)c2cnc(NCc3ccc(F)cc3)s2)c2cc1C2. The van der Waals surface area contributed by atoms with E-state index < -0.39 is 0 Å². The Morgan fingerprint density at radius 2 is 2.04 bits per heavy atom. The zero-order valence-corrected chi connectivity index (χ0v) is 14.3. The molecule has 0 saturated heterocycles. The Bertz CT molecular complexity index is 951. The van der Waals surface area contributed by atoms with Crippen molar-refractivity contribution in [1.29, 1.82) is 0 Å². The van der Waals surface area contributed by atoms with Gasteiger partial charge in [0, 0.05) is 18.5 Å². The molecule has 0 spiro atoms. The molecule has 2 aromatic carbocycles. The van der Waals surface area contributed by atoms with Crippen molar-refractivity contribution in [2.75, 3.05) is 12.4 Å². The second-order valence-electron chi connectivity index (χ2n) is 5.84. The molecule has 0 atom stereocenters. The summed E-state index contributed by atoms with van der Waals surface area (Å²) in [6.45, 7) is 0.523. The minimum atomic E-state index is -0.260. The lowest BCUT2D eigenvalue weighted by molar-refractivity contribution is 0.104. The molecule has 1 aromatic heterocycles. The van der Waals surface area contributed by atoms with E-state index in [2.05, 4.69) is 10.3 Å². The van der Waals surface area contributed by atoms with Crippen molar-refractivity contribution >= 4 is 22.3 Å². The largest absolute Gasteiger partial charge is 0.496 e. The maximum Gasteiger partial charge on any atom is 0.205 e. The van der Waals surface area contributed by atoms with Crippen LogP contribution in [-0.2, 0) is 13.0 Å². The van der Waals surface area contributed by atoms with Crippen LogP contribution in [0.4, 0.5) is 9.52 Å². The molecule has 1 N–H and O–H groups in total.